The van der Waals surface area contributed by atoms with Gasteiger partial charge in [0, 0.05) is 11.1 Å². The van der Waals surface area contributed by atoms with Gasteiger partial charge in [0.05, 0.1) is 18.7 Å². The first-order valence-corrected chi connectivity index (χ1v) is 6.44. The van der Waals surface area contributed by atoms with Crippen LogP contribution in [0.1, 0.15) is 31.9 Å². The third kappa shape index (κ3) is 4.67. The van der Waals surface area contributed by atoms with Crippen LogP contribution in [0.2, 0.25) is 5.02 Å². The summed E-state index contributed by atoms with van der Waals surface area (Å²) in [7, 11) is 1.52. The molecule has 0 aliphatic heterocycles. The second-order valence-electron chi connectivity index (χ2n) is 5.14. The molecular weight excluding hydrogens is 278 g/mol. The third-order valence-corrected chi connectivity index (χ3v) is 2.69. The molecule has 1 amide bonds. The molecule has 1 aromatic rings. The Morgan fingerprint density at radius 3 is 2.60 bits per heavy atom. The molecule has 0 bridgehead atoms. The number of carbonyl (C=O) groups excluding carboxylic acids is 1. The van der Waals surface area contributed by atoms with Crippen LogP contribution in [0, 0.1) is 12.3 Å². The average molecular weight is 296 g/mol. The summed E-state index contributed by atoms with van der Waals surface area (Å²) in [5, 5.41) is 3.07. The van der Waals surface area contributed by atoms with Crippen molar-refractivity contribution in [3.8, 4) is 18.1 Å². The predicted molar refractivity (Wildman–Crippen MR) is 79.0 cm³/mol. The number of nitrogens with one attached hydrogen (secondary N) is 1. The van der Waals surface area contributed by atoms with E-state index in [9.17, 15) is 4.79 Å². The van der Waals surface area contributed by atoms with Crippen LogP contribution in [-0.2, 0) is 11.3 Å². The summed E-state index contributed by atoms with van der Waals surface area (Å²) in [6, 6.07) is 3.34. The van der Waals surface area contributed by atoms with Crippen molar-refractivity contribution in [1.29, 1.82) is 0 Å². The number of methoxy groups -OCH3 is 1. The van der Waals surface area contributed by atoms with Crippen molar-refractivity contribution < 1.29 is 14.3 Å². The molecule has 0 radical (unpaired) electrons. The lowest BCUT2D eigenvalue weighted by molar-refractivity contribution is 0.0523. The minimum atomic E-state index is -0.550. The van der Waals surface area contributed by atoms with E-state index in [0.717, 1.165) is 0 Å². The van der Waals surface area contributed by atoms with Crippen LogP contribution < -0.4 is 10.1 Å². The largest absolute Gasteiger partial charge is 0.496 e. The summed E-state index contributed by atoms with van der Waals surface area (Å²) in [5.41, 5.74) is 0.720. The first-order chi connectivity index (χ1) is 9.26. The average Bonchev–Trinajstić information content (AvgIpc) is 2.34. The van der Waals surface area contributed by atoms with Crippen LogP contribution in [0.4, 0.5) is 4.79 Å². The van der Waals surface area contributed by atoms with Crippen LogP contribution in [0.5, 0.6) is 5.75 Å². The number of rotatable bonds is 3. The van der Waals surface area contributed by atoms with Gasteiger partial charge in [0.15, 0.2) is 0 Å². The highest BCUT2D eigenvalue weighted by atomic mass is 35.5. The van der Waals surface area contributed by atoms with Crippen molar-refractivity contribution in [2.45, 2.75) is 32.9 Å². The van der Waals surface area contributed by atoms with Gasteiger partial charge in [-0.25, -0.2) is 4.79 Å². The molecule has 20 heavy (non-hydrogen) atoms. The molecule has 0 aromatic heterocycles. The van der Waals surface area contributed by atoms with Gasteiger partial charge in [0.1, 0.15) is 11.4 Å². The molecule has 4 nitrogen and oxygen atoms in total. The quantitative estimate of drug-likeness (QED) is 0.870. The van der Waals surface area contributed by atoms with E-state index in [1.807, 2.05) is 0 Å². The molecule has 0 atom stereocenters. The van der Waals surface area contributed by atoms with Crippen molar-refractivity contribution in [2.24, 2.45) is 0 Å². The number of ether oxygens (including phenoxy) is 2. The van der Waals surface area contributed by atoms with Crippen LogP contribution in [-0.4, -0.2) is 18.8 Å². The fraction of sp³-hybridized carbons (Fsp3) is 0.400. The zero-order chi connectivity index (χ0) is 15.3. The smallest absolute Gasteiger partial charge is 0.407 e. The van der Waals surface area contributed by atoms with Crippen LogP contribution in [0.15, 0.2) is 12.1 Å². The number of carbonyl (C=O) groups is 1. The van der Waals surface area contributed by atoms with E-state index in [4.69, 9.17) is 27.5 Å². The molecule has 1 rings (SSSR count). The molecule has 0 unspecified atom stereocenters. The lowest BCUT2D eigenvalue weighted by atomic mass is 10.1. The van der Waals surface area contributed by atoms with Gasteiger partial charge in [0.2, 0.25) is 0 Å². The van der Waals surface area contributed by atoms with Crippen molar-refractivity contribution in [2.75, 3.05) is 7.11 Å². The zero-order valence-corrected chi connectivity index (χ0v) is 12.8. The Labute approximate surface area is 124 Å². The lowest BCUT2D eigenvalue weighted by Crippen LogP contribution is -2.32. The van der Waals surface area contributed by atoms with Gasteiger partial charge >= 0.3 is 6.09 Å². The first-order valence-electron chi connectivity index (χ1n) is 6.06. The van der Waals surface area contributed by atoms with Crippen LogP contribution in [0.25, 0.3) is 0 Å². The van der Waals surface area contributed by atoms with Crippen molar-refractivity contribution >= 4 is 17.7 Å². The Kier molecular flexibility index (Phi) is 5.29. The van der Waals surface area contributed by atoms with Crippen molar-refractivity contribution in [3.63, 3.8) is 0 Å². The number of hydrogen-bond acceptors (Lipinski definition) is 3. The number of terminal acetylenes is 1. The molecule has 108 valence electrons. The van der Waals surface area contributed by atoms with Crippen molar-refractivity contribution in [1.82, 2.24) is 5.32 Å². The topological polar surface area (TPSA) is 47.6 Å². The van der Waals surface area contributed by atoms with E-state index < -0.39 is 11.7 Å². The minimum absolute atomic E-state index is 0.196. The summed E-state index contributed by atoms with van der Waals surface area (Å²) in [4.78, 5) is 11.6. The minimum Gasteiger partial charge on any atom is -0.496 e. The molecule has 0 aliphatic rings. The SMILES string of the molecule is C#Cc1cc(Cl)c(CNC(=O)OC(C)(C)C)c(OC)c1. The number of alkyl carbamates (subject to hydrolysis) is 1. The van der Waals surface area contributed by atoms with Crippen LogP contribution >= 0.6 is 11.6 Å². The summed E-state index contributed by atoms with van der Waals surface area (Å²) in [6.45, 7) is 5.58. The third-order valence-electron chi connectivity index (χ3n) is 2.35. The van der Waals surface area contributed by atoms with Gasteiger partial charge in [-0.1, -0.05) is 17.5 Å². The molecule has 0 saturated heterocycles. The van der Waals surface area contributed by atoms with E-state index in [2.05, 4.69) is 11.2 Å². The highest BCUT2D eigenvalue weighted by Gasteiger charge is 2.17. The second kappa shape index (κ2) is 6.53. The zero-order valence-electron chi connectivity index (χ0n) is 12.0. The van der Waals surface area contributed by atoms with Gasteiger partial charge in [0.25, 0.3) is 0 Å². The van der Waals surface area contributed by atoms with Crippen LogP contribution in [0.3, 0.4) is 0 Å². The Morgan fingerprint density at radius 1 is 1.45 bits per heavy atom. The Hall–Kier alpha value is -1.86. The molecule has 0 fully saturated rings. The van der Waals surface area contributed by atoms with E-state index in [-0.39, 0.29) is 6.54 Å². The molecule has 0 aliphatic carbocycles. The Morgan fingerprint density at radius 2 is 2.10 bits per heavy atom. The van der Waals surface area contributed by atoms with Gasteiger partial charge in [-0.2, -0.15) is 0 Å². The maximum atomic E-state index is 11.6. The molecule has 1 N–H and O–H groups in total. The maximum absolute atomic E-state index is 11.6. The molecular formula is C15H18ClNO3. The molecule has 5 heteroatoms. The lowest BCUT2D eigenvalue weighted by Gasteiger charge is -2.20. The fourth-order valence-electron chi connectivity index (χ4n) is 1.52. The summed E-state index contributed by atoms with van der Waals surface area (Å²) in [6.07, 6.45) is 4.81. The van der Waals surface area contributed by atoms with E-state index >= 15 is 0 Å². The molecule has 0 heterocycles. The highest BCUT2D eigenvalue weighted by molar-refractivity contribution is 6.31. The summed E-state index contributed by atoms with van der Waals surface area (Å²) >= 11 is 6.14. The van der Waals surface area contributed by atoms with Gasteiger partial charge in [-0.15, -0.1) is 6.42 Å². The van der Waals surface area contributed by atoms with E-state index in [1.54, 1.807) is 32.9 Å². The summed E-state index contributed by atoms with van der Waals surface area (Å²) < 4.78 is 10.4. The van der Waals surface area contributed by atoms with Gasteiger partial charge < -0.3 is 14.8 Å². The monoisotopic (exact) mass is 295 g/mol. The maximum Gasteiger partial charge on any atom is 0.407 e. The second-order valence-corrected chi connectivity index (χ2v) is 5.55. The number of amides is 1. The molecule has 1 aromatic carbocycles. The highest BCUT2D eigenvalue weighted by Crippen LogP contribution is 2.28. The Balaban J connectivity index is 2.83. The standard InChI is InChI=1S/C15H18ClNO3/c1-6-10-7-12(16)11(13(8-10)19-5)9-17-14(18)20-15(2,3)4/h1,7-8H,9H2,2-5H3,(H,17,18). The number of halogens is 1. The van der Waals surface area contributed by atoms with E-state index in [0.29, 0.717) is 21.9 Å². The molecule has 0 spiro atoms. The van der Waals surface area contributed by atoms with Gasteiger partial charge in [-0.3, -0.25) is 0 Å². The molecule has 0 saturated carbocycles. The normalized spacial score (nSPS) is 10.6. The number of benzene rings is 1. The van der Waals surface area contributed by atoms with Gasteiger partial charge in [-0.05, 0) is 32.9 Å². The number of hydrogen-bond donors (Lipinski definition) is 1. The summed E-state index contributed by atoms with van der Waals surface area (Å²) in [5.74, 6) is 3.02. The Bertz CT molecular complexity index is 541. The predicted octanol–water partition coefficient (Wildman–Crippen LogP) is 3.35. The van der Waals surface area contributed by atoms with Crippen molar-refractivity contribution in [3.05, 3.63) is 28.3 Å². The first kappa shape index (κ1) is 16.2. The van der Waals surface area contributed by atoms with E-state index in [1.165, 1.54) is 7.11 Å². The fourth-order valence-corrected chi connectivity index (χ4v) is 1.80.